The maximum Gasteiger partial charge on any atom is 0.307 e. The van der Waals surface area contributed by atoms with Crippen LogP contribution in [0.4, 0.5) is 4.39 Å². The number of carboxylic acid groups (broad SMARTS) is 1. The normalized spacial score (nSPS) is 12.6. The number of aromatic nitrogens is 1. The summed E-state index contributed by atoms with van der Waals surface area (Å²) in [5, 5.41) is 10.1. The molecule has 2 aromatic heterocycles. The van der Waals surface area contributed by atoms with Gasteiger partial charge < -0.3 is 18.8 Å². The third-order valence-electron chi connectivity index (χ3n) is 6.20. The molecule has 4 rings (SSSR count). The number of benzene rings is 2. The van der Waals surface area contributed by atoms with Gasteiger partial charge in [-0.1, -0.05) is 6.07 Å². The van der Waals surface area contributed by atoms with Gasteiger partial charge in [0, 0.05) is 39.6 Å². The third-order valence-corrected chi connectivity index (χ3v) is 7.72. The molecule has 1 atom stereocenters. The van der Waals surface area contributed by atoms with E-state index in [1.807, 2.05) is 52.8 Å². The number of hydrogen-bond acceptors (Lipinski definition) is 6. The van der Waals surface area contributed by atoms with Crippen molar-refractivity contribution in [3.63, 3.8) is 0 Å². The van der Waals surface area contributed by atoms with E-state index in [4.69, 9.17) is 9.15 Å². The maximum absolute atomic E-state index is 15.6. The molecular formula is C29H31FN2O5S. The number of aryl methyl sites for hydroxylation is 2. The van der Waals surface area contributed by atoms with Crippen LogP contribution in [0.15, 0.2) is 53.3 Å². The number of carbonyl (C=O) groups is 1. The number of nitrogens with zero attached hydrogens (tertiary/aromatic N) is 1. The van der Waals surface area contributed by atoms with Crippen LogP contribution in [-0.2, 0) is 35.7 Å². The fraction of sp³-hybridized carbons (Fsp3) is 0.310. The fourth-order valence-corrected chi connectivity index (χ4v) is 4.74. The van der Waals surface area contributed by atoms with Gasteiger partial charge in [0.15, 0.2) is 5.82 Å². The summed E-state index contributed by atoms with van der Waals surface area (Å²) in [7, 11) is 0. The van der Waals surface area contributed by atoms with E-state index in [0.29, 0.717) is 28.0 Å². The van der Waals surface area contributed by atoms with E-state index in [1.165, 1.54) is 6.20 Å². The van der Waals surface area contributed by atoms with Gasteiger partial charge in [-0.3, -0.25) is 9.78 Å². The molecule has 0 saturated carbocycles. The van der Waals surface area contributed by atoms with Crippen molar-refractivity contribution < 1.29 is 28.0 Å². The van der Waals surface area contributed by atoms with E-state index in [1.54, 1.807) is 24.5 Å². The number of rotatable bonds is 9. The van der Waals surface area contributed by atoms with E-state index < -0.39 is 27.9 Å². The number of aliphatic carboxylic acids is 1. The SMILES string of the molecule is Cc1cc(CC(=O)O)c(OCc2cc(-c3ccnc(CN[S@@+]([O-])C(C)(C)C)c3F)c3occc3c2)cc1C. The highest BCUT2D eigenvalue weighted by Gasteiger charge is 2.27. The van der Waals surface area contributed by atoms with Crippen LogP contribution in [0.5, 0.6) is 5.75 Å². The summed E-state index contributed by atoms with van der Waals surface area (Å²) < 4.78 is 42.2. The van der Waals surface area contributed by atoms with Crippen molar-refractivity contribution in [2.24, 2.45) is 0 Å². The molecule has 0 aliphatic carbocycles. The number of fused-ring (bicyclic) bond motifs is 1. The molecule has 0 aliphatic heterocycles. The Balaban J connectivity index is 1.66. The van der Waals surface area contributed by atoms with Crippen LogP contribution in [0.3, 0.4) is 0 Å². The van der Waals surface area contributed by atoms with Crippen LogP contribution in [0.25, 0.3) is 22.1 Å². The lowest BCUT2D eigenvalue weighted by Gasteiger charge is -2.23. The lowest BCUT2D eigenvalue weighted by atomic mass is 10.00. The Bertz CT molecular complexity index is 1480. The van der Waals surface area contributed by atoms with Crippen molar-refractivity contribution in [2.45, 2.75) is 58.9 Å². The van der Waals surface area contributed by atoms with Crippen LogP contribution >= 0.6 is 0 Å². The lowest BCUT2D eigenvalue weighted by Crippen LogP contribution is -2.39. The highest BCUT2D eigenvalue weighted by Crippen LogP contribution is 2.34. The second-order valence-electron chi connectivity index (χ2n) is 10.2. The fourth-order valence-electron chi connectivity index (χ4n) is 4.04. The monoisotopic (exact) mass is 538 g/mol. The molecule has 0 unspecified atom stereocenters. The third kappa shape index (κ3) is 6.18. The Hall–Kier alpha value is -3.40. The molecule has 0 fully saturated rings. The Kier molecular flexibility index (Phi) is 8.10. The zero-order valence-corrected chi connectivity index (χ0v) is 22.9. The van der Waals surface area contributed by atoms with Crippen molar-refractivity contribution in [1.82, 2.24) is 9.71 Å². The lowest BCUT2D eigenvalue weighted by molar-refractivity contribution is -0.136. The van der Waals surface area contributed by atoms with Crippen LogP contribution in [0.1, 0.15) is 48.7 Å². The minimum absolute atomic E-state index is 0.00673. The second kappa shape index (κ2) is 11.1. The Morgan fingerprint density at radius 3 is 2.61 bits per heavy atom. The smallest absolute Gasteiger partial charge is 0.307 e. The number of pyridine rings is 1. The first-order valence-corrected chi connectivity index (χ1v) is 13.3. The van der Waals surface area contributed by atoms with Crippen LogP contribution in [0.2, 0.25) is 0 Å². The summed E-state index contributed by atoms with van der Waals surface area (Å²) in [5.41, 5.74) is 4.85. The van der Waals surface area contributed by atoms with Crippen molar-refractivity contribution in [1.29, 1.82) is 0 Å². The standard InChI is InChI=1S/C29H31FN2O5S/c1-17-10-21(14-26(33)34)25(11-18(17)2)37-16-19-12-20-7-9-36-28(20)23(13-19)22-6-8-31-24(27(22)30)15-32-38(35)29(3,4)5/h6-13,32H,14-16H2,1-5H3,(H,33,34)/t38-/m0/s1. The number of hydrogen-bond donors (Lipinski definition) is 2. The summed E-state index contributed by atoms with van der Waals surface area (Å²) in [6.07, 6.45) is 2.91. The van der Waals surface area contributed by atoms with Gasteiger partial charge in [-0.15, -0.1) is 4.72 Å². The van der Waals surface area contributed by atoms with Gasteiger partial charge in [-0.05, 0) is 81.6 Å². The second-order valence-corrected chi connectivity index (χ2v) is 12.3. The first-order valence-electron chi connectivity index (χ1n) is 12.2. The zero-order valence-electron chi connectivity index (χ0n) is 22.1. The number of ether oxygens (including phenoxy) is 1. The van der Waals surface area contributed by atoms with E-state index in [-0.39, 0.29) is 25.3 Å². The molecule has 0 amide bonds. The largest absolute Gasteiger partial charge is 0.598 e. The number of halogens is 1. The first-order chi connectivity index (χ1) is 17.9. The average molecular weight is 539 g/mol. The minimum atomic E-state index is -1.38. The summed E-state index contributed by atoms with van der Waals surface area (Å²) in [6.45, 7) is 9.53. The van der Waals surface area contributed by atoms with Gasteiger partial charge in [0.2, 0.25) is 0 Å². The molecule has 2 N–H and O–H groups in total. The molecular weight excluding hydrogens is 507 g/mol. The van der Waals surface area contributed by atoms with Crippen LogP contribution in [-0.4, -0.2) is 25.4 Å². The van der Waals surface area contributed by atoms with E-state index >= 15 is 4.39 Å². The molecule has 0 bridgehead atoms. The van der Waals surface area contributed by atoms with Crippen molar-refractivity contribution in [3.05, 3.63) is 82.6 Å². The van der Waals surface area contributed by atoms with Crippen LogP contribution in [0, 0.1) is 19.7 Å². The summed E-state index contributed by atoms with van der Waals surface area (Å²) in [4.78, 5) is 15.5. The molecule has 38 heavy (non-hydrogen) atoms. The van der Waals surface area contributed by atoms with Crippen molar-refractivity contribution in [2.75, 3.05) is 0 Å². The Morgan fingerprint density at radius 2 is 1.89 bits per heavy atom. The van der Waals surface area contributed by atoms with Crippen molar-refractivity contribution in [3.8, 4) is 16.9 Å². The molecule has 0 radical (unpaired) electrons. The highest BCUT2D eigenvalue weighted by atomic mass is 32.2. The molecule has 0 aliphatic rings. The van der Waals surface area contributed by atoms with Crippen molar-refractivity contribution >= 4 is 28.3 Å². The predicted octanol–water partition coefficient (Wildman–Crippen LogP) is 6.01. The van der Waals surface area contributed by atoms with Gasteiger partial charge in [0.1, 0.15) is 22.7 Å². The number of nitrogens with one attached hydrogen (secondary N) is 1. The average Bonchev–Trinajstić information content (AvgIpc) is 3.32. The molecule has 4 aromatic rings. The Labute approximate surface area is 224 Å². The Morgan fingerprint density at radius 1 is 1.16 bits per heavy atom. The summed E-state index contributed by atoms with van der Waals surface area (Å²) >= 11 is -1.38. The van der Waals surface area contributed by atoms with E-state index in [0.717, 1.165) is 22.1 Å². The number of carboxylic acids is 1. The molecule has 0 spiro atoms. The van der Waals surface area contributed by atoms with Crippen LogP contribution < -0.4 is 9.46 Å². The minimum Gasteiger partial charge on any atom is -0.598 e. The molecule has 9 heteroatoms. The van der Waals surface area contributed by atoms with Gasteiger partial charge in [0.25, 0.3) is 0 Å². The van der Waals surface area contributed by atoms with Gasteiger partial charge in [-0.2, -0.15) is 0 Å². The maximum atomic E-state index is 15.6. The molecule has 2 heterocycles. The quantitative estimate of drug-likeness (QED) is 0.251. The van der Waals surface area contributed by atoms with E-state index in [2.05, 4.69) is 9.71 Å². The van der Waals surface area contributed by atoms with E-state index in [9.17, 15) is 14.5 Å². The highest BCUT2D eigenvalue weighted by molar-refractivity contribution is 7.90. The van der Waals surface area contributed by atoms with Gasteiger partial charge in [0.05, 0.1) is 24.9 Å². The number of furan rings is 1. The summed E-state index contributed by atoms with van der Waals surface area (Å²) in [5.74, 6) is -0.968. The zero-order chi connectivity index (χ0) is 27.6. The topological polar surface area (TPSA) is 108 Å². The summed E-state index contributed by atoms with van der Waals surface area (Å²) in [6, 6.07) is 10.7. The predicted molar refractivity (Wildman–Crippen MR) is 146 cm³/mol. The van der Waals surface area contributed by atoms with Gasteiger partial charge in [-0.25, -0.2) is 4.39 Å². The molecule has 7 nitrogen and oxygen atoms in total. The molecule has 0 saturated heterocycles. The molecule has 200 valence electrons. The molecule has 2 aromatic carbocycles. The van der Waals surface area contributed by atoms with Gasteiger partial charge >= 0.3 is 5.97 Å². The first kappa shape index (κ1) is 27.6.